The number of nitrogens with one attached hydrogen (secondary N) is 3. The summed E-state index contributed by atoms with van der Waals surface area (Å²) >= 11 is 1.02. The molecule has 0 aliphatic heterocycles. The Bertz CT molecular complexity index is 691. The summed E-state index contributed by atoms with van der Waals surface area (Å²) in [6.07, 6.45) is -3.07. The number of halogens is 4. The summed E-state index contributed by atoms with van der Waals surface area (Å²) in [5, 5.41) is 11.1. The maximum Gasteiger partial charge on any atom is 0.434 e. The molecule has 0 atom stereocenters. The summed E-state index contributed by atoms with van der Waals surface area (Å²) in [5.74, 6) is 0.623. The molecule has 2 aromatic rings. The molecule has 3 N–H and O–H groups in total. The minimum absolute atomic E-state index is 0. The first-order valence-electron chi connectivity index (χ1n) is 8.24. The van der Waals surface area contributed by atoms with Crippen molar-refractivity contribution in [1.29, 1.82) is 0 Å². The van der Waals surface area contributed by atoms with Crippen LogP contribution in [0.4, 0.5) is 18.9 Å². The number of aliphatic imine (C=N–C) groups is 1. The van der Waals surface area contributed by atoms with Gasteiger partial charge in [0.05, 0.1) is 5.01 Å². The predicted molar refractivity (Wildman–Crippen MR) is 115 cm³/mol. The van der Waals surface area contributed by atoms with Crippen molar-refractivity contribution in [3.63, 3.8) is 0 Å². The van der Waals surface area contributed by atoms with Crippen LogP contribution < -0.4 is 16.0 Å². The van der Waals surface area contributed by atoms with Crippen molar-refractivity contribution in [1.82, 2.24) is 15.6 Å². The molecule has 2 rings (SSSR count). The van der Waals surface area contributed by atoms with Gasteiger partial charge in [0.2, 0.25) is 0 Å². The Balaban J connectivity index is 0.00000364. The van der Waals surface area contributed by atoms with Crippen LogP contribution in [0.2, 0.25) is 0 Å². The van der Waals surface area contributed by atoms with Crippen molar-refractivity contribution in [2.75, 3.05) is 32.0 Å². The van der Waals surface area contributed by atoms with Gasteiger partial charge in [0.25, 0.3) is 0 Å². The van der Waals surface area contributed by atoms with Gasteiger partial charge in [-0.05, 0) is 18.6 Å². The van der Waals surface area contributed by atoms with Crippen LogP contribution in [0.1, 0.15) is 17.1 Å². The second kappa shape index (κ2) is 12.0. The van der Waals surface area contributed by atoms with E-state index in [1.165, 1.54) is 0 Å². The average molecular weight is 513 g/mol. The number of nitrogens with zero attached hydrogens (tertiary/aromatic N) is 2. The third-order valence-electron chi connectivity index (χ3n) is 3.45. The van der Waals surface area contributed by atoms with E-state index < -0.39 is 11.9 Å². The number of anilines is 1. The Kier molecular flexibility index (Phi) is 10.4. The Morgan fingerprint density at radius 2 is 1.81 bits per heavy atom. The predicted octanol–water partition coefficient (Wildman–Crippen LogP) is 3.99. The molecule has 0 amide bonds. The molecule has 1 aromatic carbocycles. The van der Waals surface area contributed by atoms with E-state index in [0.29, 0.717) is 23.9 Å². The highest BCUT2D eigenvalue weighted by Crippen LogP contribution is 2.29. The lowest BCUT2D eigenvalue weighted by Crippen LogP contribution is -2.39. The standard InChI is InChI=1S/C17H22F3N5S.HI/c1-21-16(23-10-5-9-22-13-6-3-2-4-7-13)24-11-8-15-25-14(12-26-15)17(18,19)20;/h2-4,6-7,12,22H,5,8-11H2,1H3,(H2,21,23,24);1H. The van der Waals surface area contributed by atoms with Crippen molar-refractivity contribution < 1.29 is 13.2 Å². The smallest absolute Gasteiger partial charge is 0.385 e. The van der Waals surface area contributed by atoms with Gasteiger partial charge in [0, 0.05) is 44.2 Å². The molecule has 0 spiro atoms. The molecule has 1 heterocycles. The van der Waals surface area contributed by atoms with Gasteiger partial charge in [-0.3, -0.25) is 4.99 Å². The van der Waals surface area contributed by atoms with Gasteiger partial charge in [0.15, 0.2) is 11.7 Å². The van der Waals surface area contributed by atoms with Crippen molar-refractivity contribution in [2.24, 2.45) is 4.99 Å². The molecule has 10 heteroatoms. The van der Waals surface area contributed by atoms with Crippen molar-refractivity contribution in [3.8, 4) is 0 Å². The molecule has 0 fully saturated rings. The maximum atomic E-state index is 12.5. The number of guanidine groups is 1. The average Bonchev–Trinajstić information content (AvgIpc) is 3.10. The number of hydrogen-bond donors (Lipinski definition) is 3. The lowest BCUT2D eigenvalue weighted by Gasteiger charge is -2.12. The fourth-order valence-electron chi connectivity index (χ4n) is 2.15. The summed E-state index contributed by atoms with van der Waals surface area (Å²) in [4.78, 5) is 7.70. The molecular weight excluding hydrogens is 490 g/mol. The van der Waals surface area contributed by atoms with Crippen LogP contribution in [0.3, 0.4) is 0 Å². The van der Waals surface area contributed by atoms with Crippen LogP contribution >= 0.6 is 35.3 Å². The lowest BCUT2D eigenvalue weighted by atomic mass is 10.3. The van der Waals surface area contributed by atoms with E-state index in [2.05, 4.69) is 25.9 Å². The van der Waals surface area contributed by atoms with Gasteiger partial charge in [0.1, 0.15) is 0 Å². The molecule has 5 nitrogen and oxygen atoms in total. The number of thiazole rings is 1. The SMILES string of the molecule is CN=C(NCCCNc1ccccc1)NCCc1nc(C(F)(F)F)cs1.I. The minimum Gasteiger partial charge on any atom is -0.385 e. The molecular formula is C17H23F3IN5S. The highest BCUT2D eigenvalue weighted by molar-refractivity contribution is 14.0. The minimum atomic E-state index is -4.38. The van der Waals surface area contributed by atoms with Crippen LogP contribution in [-0.4, -0.2) is 37.6 Å². The van der Waals surface area contributed by atoms with E-state index in [-0.39, 0.29) is 24.0 Å². The molecule has 0 saturated carbocycles. The van der Waals surface area contributed by atoms with E-state index in [0.717, 1.165) is 41.9 Å². The summed E-state index contributed by atoms with van der Waals surface area (Å²) in [7, 11) is 1.66. The quantitative estimate of drug-likeness (QED) is 0.216. The molecule has 0 aliphatic rings. The van der Waals surface area contributed by atoms with Gasteiger partial charge >= 0.3 is 6.18 Å². The third kappa shape index (κ3) is 8.78. The van der Waals surface area contributed by atoms with Gasteiger partial charge in [-0.15, -0.1) is 35.3 Å². The Morgan fingerprint density at radius 3 is 2.44 bits per heavy atom. The van der Waals surface area contributed by atoms with E-state index in [1.807, 2.05) is 30.3 Å². The largest absolute Gasteiger partial charge is 0.434 e. The zero-order valence-corrected chi connectivity index (χ0v) is 18.0. The monoisotopic (exact) mass is 513 g/mol. The zero-order chi connectivity index (χ0) is 18.8. The number of aromatic nitrogens is 1. The topological polar surface area (TPSA) is 61.3 Å². The number of rotatable bonds is 8. The van der Waals surface area contributed by atoms with Crippen LogP contribution in [0.15, 0.2) is 40.7 Å². The van der Waals surface area contributed by atoms with E-state index in [4.69, 9.17) is 0 Å². The highest BCUT2D eigenvalue weighted by atomic mass is 127. The zero-order valence-electron chi connectivity index (χ0n) is 14.8. The Hall–Kier alpha value is -1.56. The molecule has 1 aromatic heterocycles. The fourth-order valence-corrected chi connectivity index (χ4v) is 2.95. The number of benzene rings is 1. The van der Waals surface area contributed by atoms with Gasteiger partial charge < -0.3 is 16.0 Å². The first-order valence-corrected chi connectivity index (χ1v) is 9.12. The first kappa shape index (κ1) is 23.5. The second-order valence-electron chi connectivity index (χ2n) is 5.45. The summed E-state index contributed by atoms with van der Waals surface area (Å²) < 4.78 is 37.5. The first-order chi connectivity index (χ1) is 12.5. The molecule has 0 radical (unpaired) electrons. The summed E-state index contributed by atoms with van der Waals surface area (Å²) in [6, 6.07) is 9.95. The van der Waals surface area contributed by atoms with E-state index in [9.17, 15) is 13.2 Å². The Morgan fingerprint density at radius 1 is 1.11 bits per heavy atom. The molecule has 0 unspecified atom stereocenters. The van der Waals surface area contributed by atoms with Crippen molar-refractivity contribution >= 4 is 47.0 Å². The van der Waals surface area contributed by atoms with Crippen LogP contribution in [0.5, 0.6) is 0 Å². The molecule has 0 bridgehead atoms. The van der Waals surface area contributed by atoms with Crippen LogP contribution in [0, 0.1) is 0 Å². The third-order valence-corrected chi connectivity index (χ3v) is 4.35. The maximum absolute atomic E-state index is 12.5. The number of alkyl halides is 3. The molecule has 27 heavy (non-hydrogen) atoms. The number of para-hydroxylation sites is 1. The van der Waals surface area contributed by atoms with Gasteiger partial charge in [-0.1, -0.05) is 18.2 Å². The fraction of sp³-hybridized carbons (Fsp3) is 0.412. The lowest BCUT2D eigenvalue weighted by molar-refractivity contribution is -0.140. The van der Waals surface area contributed by atoms with Gasteiger partial charge in [-0.25, -0.2) is 4.98 Å². The second-order valence-corrected chi connectivity index (χ2v) is 6.39. The normalized spacial score (nSPS) is 11.6. The summed E-state index contributed by atoms with van der Waals surface area (Å²) in [6.45, 7) is 2.02. The molecule has 0 saturated heterocycles. The van der Waals surface area contributed by atoms with Crippen LogP contribution in [-0.2, 0) is 12.6 Å². The van der Waals surface area contributed by atoms with E-state index >= 15 is 0 Å². The molecule has 150 valence electrons. The van der Waals surface area contributed by atoms with E-state index in [1.54, 1.807) is 7.05 Å². The van der Waals surface area contributed by atoms with Crippen molar-refractivity contribution in [2.45, 2.75) is 19.0 Å². The highest BCUT2D eigenvalue weighted by Gasteiger charge is 2.33. The molecule has 0 aliphatic carbocycles. The van der Waals surface area contributed by atoms with Gasteiger partial charge in [-0.2, -0.15) is 13.2 Å². The summed E-state index contributed by atoms with van der Waals surface area (Å²) in [5.41, 5.74) is 0.252. The van der Waals surface area contributed by atoms with Crippen LogP contribution in [0.25, 0.3) is 0 Å². The van der Waals surface area contributed by atoms with Crippen molar-refractivity contribution in [3.05, 3.63) is 46.4 Å². The number of hydrogen-bond acceptors (Lipinski definition) is 4. The Labute approximate surface area is 177 Å².